The molecule has 0 bridgehead atoms. The molecule has 0 fully saturated rings. The van der Waals surface area contributed by atoms with Crippen LogP contribution < -0.4 is 5.73 Å². The number of hydrogen-bond donors (Lipinski definition) is 1. The largest absolute Gasteiger partial charge is 0.326 e. The summed E-state index contributed by atoms with van der Waals surface area (Å²) in [5, 5.41) is 0. The fourth-order valence-corrected chi connectivity index (χ4v) is 2.61. The lowest BCUT2D eigenvalue weighted by Gasteiger charge is -2.02. The number of aryl methyl sites for hydroxylation is 1. The van der Waals surface area contributed by atoms with Gasteiger partial charge in [0.25, 0.3) is 0 Å². The van der Waals surface area contributed by atoms with E-state index in [-0.39, 0.29) is 0 Å². The fourth-order valence-electron chi connectivity index (χ4n) is 2.61. The molecular weight excluding hydrogens is 278 g/mol. The SMILES string of the molecule is CCCCCCCc1cccc(C#Cc2ccc(CN)cc2)c1. The smallest absolute Gasteiger partial charge is 0.0251 e. The average molecular weight is 305 g/mol. The van der Waals surface area contributed by atoms with Crippen molar-refractivity contribution in [2.45, 2.75) is 52.0 Å². The summed E-state index contributed by atoms with van der Waals surface area (Å²) in [6, 6.07) is 16.8. The molecule has 2 N–H and O–H groups in total. The molecule has 0 aliphatic heterocycles. The highest BCUT2D eigenvalue weighted by Gasteiger charge is 1.96. The molecule has 0 aliphatic rings. The quantitative estimate of drug-likeness (QED) is 0.561. The van der Waals surface area contributed by atoms with Gasteiger partial charge in [0.1, 0.15) is 0 Å². The van der Waals surface area contributed by atoms with Crippen LogP contribution in [-0.4, -0.2) is 0 Å². The van der Waals surface area contributed by atoms with E-state index in [2.05, 4.69) is 43.0 Å². The molecule has 0 aromatic heterocycles. The summed E-state index contributed by atoms with van der Waals surface area (Å²) < 4.78 is 0. The van der Waals surface area contributed by atoms with Crippen LogP contribution in [0.5, 0.6) is 0 Å². The zero-order chi connectivity index (χ0) is 16.3. The van der Waals surface area contributed by atoms with Crippen LogP contribution in [0.1, 0.15) is 61.3 Å². The first-order valence-electron chi connectivity index (χ1n) is 8.72. The van der Waals surface area contributed by atoms with Crippen molar-refractivity contribution in [3.63, 3.8) is 0 Å². The van der Waals surface area contributed by atoms with Gasteiger partial charge in [0.15, 0.2) is 0 Å². The molecule has 0 saturated heterocycles. The molecular formula is C22H27N. The Hall–Kier alpha value is -2.04. The molecule has 0 saturated carbocycles. The highest BCUT2D eigenvalue weighted by molar-refractivity contribution is 5.44. The topological polar surface area (TPSA) is 26.0 Å². The monoisotopic (exact) mass is 305 g/mol. The molecule has 2 rings (SSSR count). The molecule has 0 amide bonds. The van der Waals surface area contributed by atoms with Crippen molar-refractivity contribution < 1.29 is 0 Å². The molecule has 0 radical (unpaired) electrons. The second kappa shape index (κ2) is 9.87. The first-order valence-corrected chi connectivity index (χ1v) is 8.72. The Kier molecular flexibility index (Phi) is 7.43. The Bertz CT molecular complexity index is 644. The van der Waals surface area contributed by atoms with Crippen LogP contribution in [0.3, 0.4) is 0 Å². The van der Waals surface area contributed by atoms with E-state index in [9.17, 15) is 0 Å². The summed E-state index contributed by atoms with van der Waals surface area (Å²) in [5.74, 6) is 6.50. The summed E-state index contributed by atoms with van der Waals surface area (Å²) in [6.45, 7) is 2.83. The third-order valence-corrected chi connectivity index (χ3v) is 4.04. The maximum atomic E-state index is 5.61. The minimum absolute atomic E-state index is 0.577. The van der Waals surface area contributed by atoms with Crippen LogP contribution in [-0.2, 0) is 13.0 Å². The van der Waals surface area contributed by atoms with E-state index in [0.717, 1.165) is 23.1 Å². The van der Waals surface area contributed by atoms with Gasteiger partial charge < -0.3 is 5.73 Å². The number of unbranched alkanes of at least 4 members (excludes halogenated alkanes) is 4. The van der Waals surface area contributed by atoms with Gasteiger partial charge in [-0.05, 0) is 48.2 Å². The lowest BCUT2D eigenvalue weighted by molar-refractivity contribution is 0.632. The lowest BCUT2D eigenvalue weighted by Crippen LogP contribution is -1.95. The van der Waals surface area contributed by atoms with E-state index in [0.29, 0.717) is 6.54 Å². The Balaban J connectivity index is 1.93. The van der Waals surface area contributed by atoms with E-state index in [1.807, 2.05) is 24.3 Å². The number of hydrogen-bond acceptors (Lipinski definition) is 1. The summed E-state index contributed by atoms with van der Waals surface area (Å²) in [5.41, 5.74) is 10.3. The van der Waals surface area contributed by atoms with Gasteiger partial charge >= 0.3 is 0 Å². The van der Waals surface area contributed by atoms with Crippen LogP contribution in [0.4, 0.5) is 0 Å². The van der Waals surface area contributed by atoms with Crippen molar-refractivity contribution in [1.29, 1.82) is 0 Å². The van der Waals surface area contributed by atoms with Crippen molar-refractivity contribution in [1.82, 2.24) is 0 Å². The third-order valence-electron chi connectivity index (χ3n) is 4.04. The number of benzene rings is 2. The maximum Gasteiger partial charge on any atom is 0.0251 e. The van der Waals surface area contributed by atoms with Crippen LogP contribution in [0.25, 0.3) is 0 Å². The molecule has 0 unspecified atom stereocenters. The van der Waals surface area contributed by atoms with Crippen LogP contribution in [0.2, 0.25) is 0 Å². The highest BCUT2D eigenvalue weighted by Crippen LogP contribution is 2.11. The molecule has 2 aromatic carbocycles. The van der Waals surface area contributed by atoms with E-state index in [4.69, 9.17) is 5.73 Å². The number of nitrogens with two attached hydrogens (primary N) is 1. The Morgan fingerprint density at radius 3 is 2.26 bits per heavy atom. The molecule has 0 aliphatic carbocycles. The van der Waals surface area contributed by atoms with Crippen molar-refractivity contribution in [2.24, 2.45) is 5.73 Å². The fraction of sp³-hybridized carbons (Fsp3) is 0.364. The van der Waals surface area contributed by atoms with Crippen molar-refractivity contribution >= 4 is 0 Å². The predicted octanol–water partition coefficient (Wildman–Crippen LogP) is 5.06. The van der Waals surface area contributed by atoms with Gasteiger partial charge in [-0.2, -0.15) is 0 Å². The van der Waals surface area contributed by atoms with Gasteiger partial charge in [0.2, 0.25) is 0 Å². The van der Waals surface area contributed by atoms with Gasteiger partial charge in [0, 0.05) is 17.7 Å². The molecule has 1 nitrogen and oxygen atoms in total. The molecule has 0 heterocycles. The molecule has 0 spiro atoms. The average Bonchev–Trinajstić information content (AvgIpc) is 2.60. The van der Waals surface area contributed by atoms with Crippen LogP contribution in [0, 0.1) is 11.8 Å². The lowest BCUT2D eigenvalue weighted by atomic mass is 10.0. The Morgan fingerprint density at radius 1 is 0.783 bits per heavy atom. The van der Waals surface area contributed by atoms with Crippen molar-refractivity contribution in [3.8, 4) is 11.8 Å². The summed E-state index contributed by atoms with van der Waals surface area (Å²) >= 11 is 0. The van der Waals surface area contributed by atoms with Gasteiger partial charge in [-0.15, -0.1) is 0 Å². The maximum absolute atomic E-state index is 5.61. The van der Waals surface area contributed by atoms with Gasteiger partial charge in [-0.25, -0.2) is 0 Å². The van der Waals surface area contributed by atoms with Crippen LogP contribution in [0.15, 0.2) is 48.5 Å². The predicted molar refractivity (Wildman–Crippen MR) is 99.2 cm³/mol. The summed E-state index contributed by atoms with van der Waals surface area (Å²) in [6.07, 6.45) is 7.78. The first kappa shape index (κ1) is 17.3. The zero-order valence-electron chi connectivity index (χ0n) is 14.1. The van der Waals surface area contributed by atoms with E-state index < -0.39 is 0 Å². The number of rotatable bonds is 7. The van der Waals surface area contributed by atoms with E-state index in [1.54, 1.807) is 0 Å². The van der Waals surface area contributed by atoms with Crippen LogP contribution >= 0.6 is 0 Å². The molecule has 0 atom stereocenters. The molecule has 120 valence electrons. The highest BCUT2D eigenvalue weighted by atomic mass is 14.5. The zero-order valence-corrected chi connectivity index (χ0v) is 14.1. The second-order valence-electron chi connectivity index (χ2n) is 6.02. The minimum Gasteiger partial charge on any atom is -0.326 e. The molecule has 1 heteroatoms. The Morgan fingerprint density at radius 2 is 1.52 bits per heavy atom. The molecule has 23 heavy (non-hydrogen) atoms. The van der Waals surface area contributed by atoms with E-state index >= 15 is 0 Å². The second-order valence-corrected chi connectivity index (χ2v) is 6.02. The van der Waals surface area contributed by atoms with Crippen molar-refractivity contribution in [2.75, 3.05) is 0 Å². The standard InChI is InChI=1S/C22H27N/c1-2-3-4-5-6-8-20-9-7-10-21(17-20)14-11-19-12-15-22(18-23)16-13-19/h7,9-10,12-13,15-17H,2-6,8,18,23H2,1H3. The van der Waals surface area contributed by atoms with Crippen molar-refractivity contribution in [3.05, 3.63) is 70.8 Å². The van der Waals surface area contributed by atoms with Gasteiger partial charge in [-0.3, -0.25) is 0 Å². The normalized spacial score (nSPS) is 10.2. The van der Waals surface area contributed by atoms with E-state index in [1.165, 1.54) is 37.7 Å². The minimum atomic E-state index is 0.577. The van der Waals surface area contributed by atoms with Gasteiger partial charge in [-0.1, -0.05) is 68.7 Å². The Labute approximate surface area is 140 Å². The summed E-state index contributed by atoms with van der Waals surface area (Å²) in [4.78, 5) is 0. The first-order chi connectivity index (χ1) is 11.3. The summed E-state index contributed by atoms with van der Waals surface area (Å²) in [7, 11) is 0. The third kappa shape index (κ3) is 6.30. The molecule has 2 aromatic rings. The van der Waals surface area contributed by atoms with Gasteiger partial charge in [0.05, 0.1) is 0 Å².